The van der Waals surface area contributed by atoms with E-state index in [1.54, 1.807) is 4.90 Å². The largest absolute Gasteiger partial charge is 0.356 e. The third kappa shape index (κ3) is 6.37. The summed E-state index contributed by atoms with van der Waals surface area (Å²) in [5.74, 6) is -0.0811. The smallest absolute Gasteiger partial charge is 0.321 e. The standard InChI is InChI=1S/C17H26N4O2.ClH/c18-10-4-5-11-19-16(22)14-7-6-12-21(13-14)17(23)20-15-8-2-1-3-9-15;/h1-3,8-9,14H,4-7,10-13,18H2,(H,19,22)(H,20,23);1H. The molecule has 7 heteroatoms. The summed E-state index contributed by atoms with van der Waals surface area (Å²) in [7, 11) is 0. The van der Waals surface area contributed by atoms with E-state index in [1.165, 1.54) is 0 Å². The number of nitrogens with zero attached hydrogens (tertiary/aromatic N) is 1. The number of urea groups is 1. The number of para-hydroxylation sites is 1. The van der Waals surface area contributed by atoms with Crippen LogP contribution < -0.4 is 16.4 Å². The van der Waals surface area contributed by atoms with Crippen molar-refractivity contribution in [1.29, 1.82) is 0 Å². The predicted molar refractivity (Wildman–Crippen MR) is 98.3 cm³/mol. The summed E-state index contributed by atoms with van der Waals surface area (Å²) in [6, 6.07) is 9.22. The molecule has 0 aliphatic carbocycles. The first kappa shape index (κ1) is 20.3. The van der Waals surface area contributed by atoms with Crippen LogP contribution in [0, 0.1) is 5.92 Å². The number of carbonyl (C=O) groups excluding carboxylic acids is 2. The molecule has 1 saturated heterocycles. The lowest BCUT2D eigenvalue weighted by atomic mass is 9.97. The lowest BCUT2D eigenvalue weighted by molar-refractivity contribution is -0.126. The maximum Gasteiger partial charge on any atom is 0.321 e. The quantitative estimate of drug-likeness (QED) is 0.684. The molecule has 1 aromatic rings. The minimum absolute atomic E-state index is 0. The molecule has 0 aromatic heterocycles. The van der Waals surface area contributed by atoms with Crippen LogP contribution in [0.25, 0.3) is 0 Å². The lowest BCUT2D eigenvalue weighted by Crippen LogP contribution is -2.47. The van der Waals surface area contributed by atoms with E-state index in [2.05, 4.69) is 10.6 Å². The molecular weight excluding hydrogens is 328 g/mol. The summed E-state index contributed by atoms with van der Waals surface area (Å²) < 4.78 is 0. The highest BCUT2D eigenvalue weighted by molar-refractivity contribution is 5.90. The monoisotopic (exact) mass is 354 g/mol. The van der Waals surface area contributed by atoms with Gasteiger partial charge in [0, 0.05) is 25.3 Å². The van der Waals surface area contributed by atoms with Crippen LogP contribution in [0.4, 0.5) is 10.5 Å². The number of piperidine rings is 1. The molecule has 2 rings (SSSR count). The molecular formula is C17H27ClN4O2. The Morgan fingerprint density at radius 3 is 2.67 bits per heavy atom. The summed E-state index contributed by atoms with van der Waals surface area (Å²) in [5, 5.41) is 5.82. The van der Waals surface area contributed by atoms with Gasteiger partial charge in [-0.1, -0.05) is 18.2 Å². The molecule has 1 aromatic carbocycles. The molecule has 0 bridgehead atoms. The first-order valence-electron chi connectivity index (χ1n) is 8.29. The van der Waals surface area contributed by atoms with Gasteiger partial charge in [0.15, 0.2) is 0 Å². The molecule has 0 spiro atoms. The Morgan fingerprint density at radius 1 is 1.21 bits per heavy atom. The second kappa shape index (κ2) is 10.9. The Hall–Kier alpha value is -1.79. The van der Waals surface area contributed by atoms with Crippen LogP contribution in [0.1, 0.15) is 25.7 Å². The molecule has 1 aliphatic rings. The summed E-state index contributed by atoms with van der Waals surface area (Å²) >= 11 is 0. The number of nitrogens with one attached hydrogen (secondary N) is 2. The van der Waals surface area contributed by atoms with Crippen molar-refractivity contribution in [3.8, 4) is 0 Å². The Morgan fingerprint density at radius 2 is 1.96 bits per heavy atom. The van der Waals surface area contributed by atoms with Gasteiger partial charge in [0.05, 0.1) is 5.92 Å². The number of unbranched alkanes of at least 4 members (excludes halogenated alkanes) is 1. The van der Waals surface area contributed by atoms with Crippen LogP contribution in [0.15, 0.2) is 30.3 Å². The van der Waals surface area contributed by atoms with Crippen molar-refractivity contribution in [3.63, 3.8) is 0 Å². The van der Waals surface area contributed by atoms with E-state index in [0.29, 0.717) is 26.2 Å². The van der Waals surface area contributed by atoms with Crippen LogP contribution in [0.5, 0.6) is 0 Å². The van der Waals surface area contributed by atoms with Crippen molar-refractivity contribution in [2.75, 3.05) is 31.5 Å². The summed E-state index contributed by atoms with van der Waals surface area (Å²) in [4.78, 5) is 26.2. The van der Waals surface area contributed by atoms with Gasteiger partial charge in [-0.05, 0) is 44.4 Å². The number of nitrogens with two attached hydrogens (primary N) is 1. The van der Waals surface area contributed by atoms with Gasteiger partial charge in [-0.25, -0.2) is 4.79 Å². The van der Waals surface area contributed by atoms with Crippen molar-refractivity contribution in [1.82, 2.24) is 10.2 Å². The highest BCUT2D eigenvalue weighted by atomic mass is 35.5. The van der Waals surface area contributed by atoms with Gasteiger partial charge in [-0.3, -0.25) is 4.79 Å². The second-order valence-corrected chi connectivity index (χ2v) is 5.87. The summed E-state index contributed by atoms with van der Waals surface area (Å²) in [6.07, 6.45) is 3.49. The van der Waals surface area contributed by atoms with Crippen LogP contribution >= 0.6 is 12.4 Å². The minimum atomic E-state index is -0.142. The summed E-state index contributed by atoms with van der Waals surface area (Å²) in [5.41, 5.74) is 6.21. The molecule has 0 saturated carbocycles. The van der Waals surface area contributed by atoms with Crippen molar-refractivity contribution in [3.05, 3.63) is 30.3 Å². The van der Waals surface area contributed by atoms with Crippen LogP contribution in [0.3, 0.4) is 0 Å². The highest BCUT2D eigenvalue weighted by Gasteiger charge is 2.28. The fourth-order valence-electron chi connectivity index (χ4n) is 2.72. The molecule has 3 amide bonds. The van der Waals surface area contributed by atoms with Crippen molar-refractivity contribution in [2.24, 2.45) is 11.7 Å². The Bertz CT molecular complexity index is 513. The fraction of sp³-hybridized carbons (Fsp3) is 0.529. The number of amides is 3. The number of halogens is 1. The number of anilines is 1. The zero-order valence-electron chi connectivity index (χ0n) is 13.9. The Kier molecular flexibility index (Phi) is 9.19. The van der Waals surface area contributed by atoms with Crippen LogP contribution in [-0.2, 0) is 4.79 Å². The van der Waals surface area contributed by atoms with Gasteiger partial charge < -0.3 is 21.3 Å². The number of carbonyl (C=O) groups is 2. The molecule has 1 unspecified atom stereocenters. The van der Waals surface area contributed by atoms with Gasteiger partial charge in [-0.2, -0.15) is 0 Å². The van der Waals surface area contributed by atoms with E-state index in [-0.39, 0.29) is 30.3 Å². The second-order valence-electron chi connectivity index (χ2n) is 5.87. The maximum atomic E-state index is 12.3. The molecule has 6 nitrogen and oxygen atoms in total. The molecule has 1 heterocycles. The average molecular weight is 355 g/mol. The Labute approximate surface area is 149 Å². The van der Waals surface area contributed by atoms with Gasteiger partial charge in [0.2, 0.25) is 5.91 Å². The normalized spacial score (nSPS) is 16.9. The predicted octanol–water partition coefficient (Wildman–Crippen LogP) is 2.21. The molecule has 1 aliphatic heterocycles. The maximum absolute atomic E-state index is 12.3. The number of hydrogen-bond acceptors (Lipinski definition) is 3. The molecule has 1 fully saturated rings. The first-order valence-corrected chi connectivity index (χ1v) is 8.29. The van der Waals surface area contributed by atoms with Crippen LogP contribution in [0.2, 0.25) is 0 Å². The number of hydrogen-bond donors (Lipinski definition) is 3. The molecule has 134 valence electrons. The van der Waals surface area contributed by atoms with Crippen molar-refractivity contribution in [2.45, 2.75) is 25.7 Å². The molecule has 0 radical (unpaired) electrons. The van der Waals surface area contributed by atoms with E-state index in [0.717, 1.165) is 31.4 Å². The van der Waals surface area contributed by atoms with Crippen LogP contribution in [-0.4, -0.2) is 43.0 Å². The van der Waals surface area contributed by atoms with E-state index in [1.807, 2.05) is 30.3 Å². The van der Waals surface area contributed by atoms with Crippen molar-refractivity contribution < 1.29 is 9.59 Å². The zero-order chi connectivity index (χ0) is 16.5. The van der Waals surface area contributed by atoms with E-state index >= 15 is 0 Å². The topological polar surface area (TPSA) is 87.5 Å². The lowest BCUT2D eigenvalue weighted by Gasteiger charge is -2.32. The minimum Gasteiger partial charge on any atom is -0.356 e. The molecule has 1 atom stereocenters. The average Bonchev–Trinajstić information content (AvgIpc) is 2.59. The first-order chi connectivity index (χ1) is 11.2. The number of benzene rings is 1. The van der Waals surface area contributed by atoms with Gasteiger partial charge >= 0.3 is 6.03 Å². The Balaban J connectivity index is 0.00000288. The van der Waals surface area contributed by atoms with Crippen molar-refractivity contribution >= 4 is 30.0 Å². The van der Waals surface area contributed by atoms with Gasteiger partial charge in [0.1, 0.15) is 0 Å². The van der Waals surface area contributed by atoms with E-state index in [9.17, 15) is 9.59 Å². The highest BCUT2D eigenvalue weighted by Crippen LogP contribution is 2.18. The third-order valence-corrected chi connectivity index (χ3v) is 4.03. The SMILES string of the molecule is Cl.NCCCCNC(=O)C1CCCN(C(=O)Nc2ccccc2)C1. The number of rotatable bonds is 6. The van der Waals surface area contributed by atoms with Gasteiger partial charge in [-0.15, -0.1) is 12.4 Å². The molecule has 4 N–H and O–H groups in total. The summed E-state index contributed by atoms with van der Waals surface area (Å²) in [6.45, 7) is 2.46. The third-order valence-electron chi connectivity index (χ3n) is 4.03. The number of likely N-dealkylation sites (tertiary alicyclic amines) is 1. The molecule has 24 heavy (non-hydrogen) atoms. The fourth-order valence-corrected chi connectivity index (χ4v) is 2.72. The zero-order valence-corrected chi connectivity index (χ0v) is 14.7. The van der Waals surface area contributed by atoms with E-state index in [4.69, 9.17) is 5.73 Å². The van der Waals surface area contributed by atoms with Gasteiger partial charge in [0.25, 0.3) is 0 Å². The van der Waals surface area contributed by atoms with E-state index < -0.39 is 0 Å².